The molecular formula is C15H23N3O2. The van der Waals surface area contributed by atoms with Crippen LogP contribution in [0.4, 0.5) is 0 Å². The number of nitrogens with zero attached hydrogens (tertiary/aromatic N) is 3. The highest BCUT2D eigenvalue weighted by atomic mass is 16.3. The first-order valence-electron chi connectivity index (χ1n) is 6.84. The topological polar surface area (TPSA) is 68.0 Å². The van der Waals surface area contributed by atoms with E-state index in [4.69, 9.17) is 5.11 Å². The van der Waals surface area contributed by atoms with E-state index < -0.39 is 12.1 Å². The lowest BCUT2D eigenvalue weighted by Crippen LogP contribution is -2.38. The van der Waals surface area contributed by atoms with Crippen LogP contribution in [0.3, 0.4) is 0 Å². The molecule has 5 nitrogen and oxygen atoms in total. The van der Waals surface area contributed by atoms with Crippen LogP contribution in [0.15, 0.2) is 12.3 Å². The predicted molar refractivity (Wildman–Crippen MR) is 79.8 cm³/mol. The van der Waals surface area contributed by atoms with Gasteiger partial charge in [0.25, 0.3) is 0 Å². The highest BCUT2D eigenvalue weighted by Gasteiger charge is 2.31. The number of pyridine rings is 1. The van der Waals surface area contributed by atoms with Gasteiger partial charge >= 0.3 is 0 Å². The number of hydrogen-bond donors (Lipinski definition) is 1. The minimum atomic E-state index is -0.866. The van der Waals surface area contributed by atoms with E-state index in [9.17, 15) is 4.79 Å². The quantitative estimate of drug-likeness (QED) is 0.935. The lowest BCUT2D eigenvalue weighted by atomic mass is 10.00. The Morgan fingerprint density at radius 3 is 2.50 bits per heavy atom. The van der Waals surface area contributed by atoms with Crippen molar-refractivity contribution in [2.75, 3.05) is 6.61 Å². The van der Waals surface area contributed by atoms with Crippen LogP contribution in [0.2, 0.25) is 0 Å². The molecule has 0 aliphatic rings. The Morgan fingerprint density at radius 2 is 1.95 bits per heavy atom. The van der Waals surface area contributed by atoms with Gasteiger partial charge in [0.1, 0.15) is 12.1 Å². The summed E-state index contributed by atoms with van der Waals surface area (Å²) in [5.74, 6) is -0.263. The fraction of sp³-hybridized carbons (Fsp3) is 0.533. The van der Waals surface area contributed by atoms with E-state index in [1.54, 1.807) is 24.7 Å². The zero-order valence-electron chi connectivity index (χ0n) is 13.1. The molecule has 0 aliphatic heterocycles. The van der Waals surface area contributed by atoms with Crippen LogP contribution >= 0.6 is 0 Å². The summed E-state index contributed by atoms with van der Waals surface area (Å²) in [6.45, 7) is 10.8. The average Bonchev–Trinajstić information content (AvgIpc) is 2.77. The van der Waals surface area contributed by atoms with Crippen molar-refractivity contribution in [1.82, 2.24) is 14.8 Å². The third kappa shape index (κ3) is 2.72. The lowest BCUT2D eigenvalue weighted by molar-refractivity contribution is -0.129. The molecule has 0 bridgehead atoms. The maximum Gasteiger partial charge on any atom is 0.185 e. The first-order valence-corrected chi connectivity index (χ1v) is 6.84. The molecule has 5 heteroatoms. The number of carbonyl (C=O) groups is 1. The van der Waals surface area contributed by atoms with Gasteiger partial charge in [0.15, 0.2) is 5.78 Å². The third-order valence-corrected chi connectivity index (χ3v) is 3.24. The van der Waals surface area contributed by atoms with Crippen molar-refractivity contribution < 1.29 is 9.90 Å². The number of aliphatic hydroxyl groups is 1. The SMILES string of the molecule is CC.Cc1cc2c(cn1)c(C)nn2C(C)(C)C(=O)CO. The van der Waals surface area contributed by atoms with Crippen LogP contribution in [0.1, 0.15) is 39.1 Å². The van der Waals surface area contributed by atoms with Crippen LogP contribution in [0.25, 0.3) is 10.9 Å². The van der Waals surface area contributed by atoms with Gasteiger partial charge in [0, 0.05) is 17.3 Å². The Hall–Kier alpha value is -1.75. The first-order chi connectivity index (χ1) is 9.37. The normalized spacial score (nSPS) is 11.2. The average molecular weight is 277 g/mol. The molecule has 2 aromatic heterocycles. The van der Waals surface area contributed by atoms with Gasteiger partial charge in [0.2, 0.25) is 0 Å². The zero-order chi connectivity index (χ0) is 15.5. The van der Waals surface area contributed by atoms with Gasteiger partial charge in [-0.2, -0.15) is 5.10 Å². The second kappa shape index (κ2) is 6.13. The van der Waals surface area contributed by atoms with Crippen LogP contribution in [-0.2, 0) is 10.3 Å². The van der Waals surface area contributed by atoms with Gasteiger partial charge in [-0.05, 0) is 33.8 Å². The third-order valence-electron chi connectivity index (χ3n) is 3.24. The molecule has 0 unspecified atom stereocenters. The van der Waals surface area contributed by atoms with Gasteiger partial charge in [0.05, 0.1) is 11.2 Å². The van der Waals surface area contributed by atoms with Crippen molar-refractivity contribution in [1.29, 1.82) is 0 Å². The molecule has 2 heterocycles. The van der Waals surface area contributed by atoms with Crippen LogP contribution < -0.4 is 0 Å². The molecule has 0 saturated heterocycles. The summed E-state index contributed by atoms with van der Waals surface area (Å²) in [4.78, 5) is 16.1. The van der Waals surface area contributed by atoms with Crippen LogP contribution in [-0.4, -0.2) is 32.3 Å². The molecule has 2 aromatic rings. The number of hydrogen-bond acceptors (Lipinski definition) is 4. The Labute approximate surface area is 119 Å². The number of aliphatic hydroxyl groups excluding tert-OH is 1. The summed E-state index contributed by atoms with van der Waals surface area (Å²) >= 11 is 0. The van der Waals surface area contributed by atoms with E-state index in [-0.39, 0.29) is 5.78 Å². The van der Waals surface area contributed by atoms with E-state index in [1.165, 1.54) is 0 Å². The predicted octanol–water partition coefficient (Wildman–Crippen LogP) is 2.37. The molecule has 0 radical (unpaired) electrons. The number of fused-ring (bicyclic) bond motifs is 1. The molecule has 0 aliphatic carbocycles. The summed E-state index contributed by atoms with van der Waals surface area (Å²) in [5, 5.41) is 14.4. The second-order valence-electron chi connectivity index (χ2n) is 4.98. The number of aromatic nitrogens is 3. The number of Topliss-reactive ketones (excluding diaryl/α,β-unsaturated/α-hetero) is 1. The van der Waals surface area contributed by atoms with Gasteiger partial charge in [-0.15, -0.1) is 0 Å². The molecule has 20 heavy (non-hydrogen) atoms. The first kappa shape index (κ1) is 16.3. The Bertz CT molecular complexity index is 615. The lowest BCUT2D eigenvalue weighted by Gasteiger charge is -2.23. The Morgan fingerprint density at radius 1 is 1.35 bits per heavy atom. The van der Waals surface area contributed by atoms with Gasteiger partial charge < -0.3 is 5.11 Å². The molecule has 2 rings (SSSR count). The monoisotopic (exact) mass is 277 g/mol. The Balaban J connectivity index is 0.000000956. The number of rotatable bonds is 3. The molecule has 0 fully saturated rings. The summed E-state index contributed by atoms with van der Waals surface area (Å²) in [7, 11) is 0. The van der Waals surface area contributed by atoms with Crippen LogP contribution in [0, 0.1) is 13.8 Å². The summed E-state index contributed by atoms with van der Waals surface area (Å²) in [6.07, 6.45) is 1.77. The molecule has 1 N–H and O–H groups in total. The maximum absolute atomic E-state index is 11.8. The zero-order valence-corrected chi connectivity index (χ0v) is 13.1. The smallest absolute Gasteiger partial charge is 0.185 e. The summed E-state index contributed by atoms with van der Waals surface area (Å²) in [6, 6.07) is 1.90. The van der Waals surface area contributed by atoms with Gasteiger partial charge in [-0.3, -0.25) is 14.5 Å². The molecular weight excluding hydrogens is 254 g/mol. The molecule has 110 valence electrons. The molecule has 0 amide bonds. The summed E-state index contributed by atoms with van der Waals surface area (Å²) in [5.41, 5.74) is 1.70. The largest absolute Gasteiger partial charge is 0.388 e. The number of ketones is 1. The van der Waals surface area contributed by atoms with Crippen LogP contribution in [0.5, 0.6) is 0 Å². The van der Waals surface area contributed by atoms with Crippen molar-refractivity contribution in [2.45, 2.75) is 47.1 Å². The minimum Gasteiger partial charge on any atom is -0.388 e. The van der Waals surface area contributed by atoms with Gasteiger partial charge in [-0.1, -0.05) is 13.8 Å². The molecule has 0 spiro atoms. The Kier molecular flexibility index (Phi) is 5.00. The number of aryl methyl sites for hydroxylation is 2. The van der Waals surface area contributed by atoms with E-state index in [0.717, 1.165) is 22.3 Å². The van der Waals surface area contributed by atoms with Crippen molar-refractivity contribution in [2.24, 2.45) is 0 Å². The summed E-state index contributed by atoms with van der Waals surface area (Å²) < 4.78 is 1.67. The standard InChI is InChI=1S/C13H17N3O2.C2H6/c1-8-5-11-10(6-14-8)9(2)15-16(11)13(3,4)12(18)7-17;1-2/h5-6,17H,7H2,1-4H3;1-2H3. The van der Waals surface area contributed by atoms with Gasteiger partial charge in [-0.25, -0.2) is 0 Å². The minimum absolute atomic E-state index is 0.263. The maximum atomic E-state index is 11.8. The van der Waals surface area contributed by atoms with Crippen molar-refractivity contribution >= 4 is 16.7 Å². The van der Waals surface area contributed by atoms with Crippen molar-refractivity contribution in [3.8, 4) is 0 Å². The van der Waals surface area contributed by atoms with Crippen molar-refractivity contribution in [3.05, 3.63) is 23.7 Å². The van der Waals surface area contributed by atoms with E-state index in [0.29, 0.717) is 0 Å². The highest BCUT2D eigenvalue weighted by Crippen LogP contribution is 2.25. The van der Waals surface area contributed by atoms with Crippen molar-refractivity contribution in [3.63, 3.8) is 0 Å². The fourth-order valence-electron chi connectivity index (χ4n) is 1.99. The van der Waals surface area contributed by atoms with E-state index in [2.05, 4.69) is 10.1 Å². The van der Waals surface area contributed by atoms with E-state index >= 15 is 0 Å². The molecule has 0 aromatic carbocycles. The second-order valence-corrected chi connectivity index (χ2v) is 4.98. The number of carbonyl (C=O) groups excluding carboxylic acids is 1. The molecule has 0 saturated carbocycles. The molecule has 0 atom stereocenters. The highest BCUT2D eigenvalue weighted by molar-refractivity contribution is 5.90. The fourth-order valence-corrected chi connectivity index (χ4v) is 1.99. The van der Waals surface area contributed by atoms with E-state index in [1.807, 2.05) is 33.8 Å².